The summed E-state index contributed by atoms with van der Waals surface area (Å²) in [6.45, 7) is 0. The summed E-state index contributed by atoms with van der Waals surface area (Å²) in [7, 11) is 0. The molecule has 4 rings (SSSR count). The van der Waals surface area contributed by atoms with Crippen LogP contribution in [-0.2, 0) is 6.16 Å². The molecule has 1 nitrogen and oxygen atoms in total. The first-order valence-electron chi connectivity index (χ1n) is 9.39. The van der Waals surface area contributed by atoms with Gasteiger partial charge in [0.2, 0.25) is 0 Å². The Hall–Kier alpha value is -2.12. The molecule has 0 aliphatic carbocycles. The summed E-state index contributed by atoms with van der Waals surface area (Å²) in [5.41, 5.74) is 0.823. The Morgan fingerprint density at radius 1 is 0.655 bits per heavy atom. The fraction of sp³-hybridized carbons (Fsp3) is 0.0400. The van der Waals surface area contributed by atoms with Crippen molar-refractivity contribution in [1.29, 1.82) is 0 Å². The summed E-state index contributed by atoms with van der Waals surface area (Å²) < 4.78 is 0.918. The fourth-order valence-corrected chi connectivity index (χ4v) is 10.5. The van der Waals surface area contributed by atoms with Crippen molar-refractivity contribution in [2.24, 2.45) is 0 Å². The van der Waals surface area contributed by atoms with Crippen LogP contribution < -0.4 is 15.9 Å². The molecule has 1 N–H and O–H groups in total. The van der Waals surface area contributed by atoms with Gasteiger partial charge < -0.3 is 0 Å². The van der Waals surface area contributed by atoms with Crippen LogP contribution in [-0.4, -0.2) is 5.11 Å². The first kappa shape index (κ1) is 20.2. The molecule has 0 saturated carbocycles. The fourth-order valence-electron chi connectivity index (χ4n) is 3.94. The molecule has 29 heavy (non-hydrogen) atoms. The van der Waals surface area contributed by atoms with E-state index in [0.29, 0.717) is 6.16 Å². The van der Waals surface area contributed by atoms with E-state index < -0.39 is 5.96 Å². The van der Waals surface area contributed by atoms with E-state index in [-0.39, 0.29) is 5.75 Å². The first-order valence-corrected chi connectivity index (χ1v) is 13.5. The molecule has 0 saturated heterocycles. The van der Waals surface area contributed by atoms with Crippen LogP contribution in [0.5, 0.6) is 5.75 Å². The Bertz CT molecular complexity index is 1020. The Morgan fingerprint density at radius 2 is 1.07 bits per heavy atom. The van der Waals surface area contributed by atoms with E-state index in [1.807, 2.05) is 66.7 Å². The van der Waals surface area contributed by atoms with Crippen LogP contribution in [0, 0.1) is 0 Å². The number of phenols is 1. The summed E-state index contributed by atoms with van der Waals surface area (Å²) in [5.74, 6) is -3.19. The van der Waals surface area contributed by atoms with Gasteiger partial charge in [0.15, 0.2) is 0 Å². The second-order valence-electron chi connectivity index (χ2n) is 7.12. The maximum atomic E-state index is 10.7. The van der Waals surface area contributed by atoms with E-state index >= 15 is 0 Å². The number of aromatic hydroxyl groups is 1. The molecule has 0 spiro atoms. The van der Waals surface area contributed by atoms with Gasteiger partial charge in [-0.05, 0) is 0 Å². The Labute approximate surface area is 184 Å². The molecule has 0 radical (unpaired) electrons. The minimum absolute atomic E-state index is 0.255. The SMILES string of the molecule is Oc1ccc(Br)cc1CP(Cl)(c1ccccc1)(c1ccccc1)c1ccccc1. The van der Waals surface area contributed by atoms with Gasteiger partial charge >= 0.3 is 185 Å². The van der Waals surface area contributed by atoms with Crippen LogP contribution in [0.15, 0.2) is 114 Å². The Morgan fingerprint density at radius 3 is 1.48 bits per heavy atom. The molecule has 4 aromatic rings. The number of phenolic OH excluding ortho intramolecular Hbond substituents is 1. The molecule has 0 aliphatic rings. The Kier molecular flexibility index (Phi) is 5.53. The molecule has 0 amide bonds. The number of hydrogen-bond donors (Lipinski definition) is 1. The zero-order valence-electron chi connectivity index (χ0n) is 15.7. The zero-order chi connectivity index (χ0) is 20.3. The van der Waals surface area contributed by atoms with Gasteiger partial charge in [-0.15, -0.1) is 0 Å². The van der Waals surface area contributed by atoms with Crippen LogP contribution in [0.2, 0.25) is 0 Å². The topological polar surface area (TPSA) is 20.2 Å². The quantitative estimate of drug-likeness (QED) is 0.329. The van der Waals surface area contributed by atoms with E-state index in [0.717, 1.165) is 25.9 Å². The number of hydrogen-bond acceptors (Lipinski definition) is 1. The van der Waals surface area contributed by atoms with Crippen molar-refractivity contribution < 1.29 is 5.11 Å². The minimum atomic E-state index is -3.45. The van der Waals surface area contributed by atoms with Gasteiger partial charge in [0.05, 0.1) is 0 Å². The molecule has 146 valence electrons. The summed E-state index contributed by atoms with van der Waals surface area (Å²) in [5, 5.41) is 13.9. The van der Waals surface area contributed by atoms with Crippen LogP contribution in [0.1, 0.15) is 5.56 Å². The van der Waals surface area contributed by atoms with Gasteiger partial charge in [-0.3, -0.25) is 0 Å². The summed E-state index contributed by atoms with van der Waals surface area (Å²) in [4.78, 5) is 0. The number of halogens is 2. The molecular formula is C25H21BrClOP. The van der Waals surface area contributed by atoms with E-state index in [1.165, 1.54) is 0 Å². The predicted octanol–water partition coefficient (Wildman–Crippen LogP) is 6.34. The van der Waals surface area contributed by atoms with Crippen molar-refractivity contribution in [2.45, 2.75) is 6.16 Å². The summed E-state index contributed by atoms with van der Waals surface area (Å²) in [6, 6.07) is 36.4. The van der Waals surface area contributed by atoms with Crippen LogP contribution in [0.4, 0.5) is 0 Å². The van der Waals surface area contributed by atoms with Crippen molar-refractivity contribution in [3.05, 3.63) is 119 Å². The molecule has 0 bridgehead atoms. The van der Waals surface area contributed by atoms with Crippen molar-refractivity contribution in [1.82, 2.24) is 0 Å². The van der Waals surface area contributed by atoms with Crippen LogP contribution >= 0.6 is 33.1 Å². The first-order chi connectivity index (χ1) is 14.0. The molecule has 0 heterocycles. The van der Waals surface area contributed by atoms with E-state index in [1.54, 1.807) is 6.07 Å². The summed E-state index contributed by atoms with van der Waals surface area (Å²) in [6.07, 6.45) is 0.510. The average molecular weight is 484 g/mol. The maximum absolute atomic E-state index is 10.7. The normalized spacial score (nSPS) is 12.8. The second kappa shape index (κ2) is 7.95. The molecule has 0 fully saturated rings. The number of rotatable bonds is 5. The predicted molar refractivity (Wildman–Crippen MR) is 131 cm³/mol. The van der Waals surface area contributed by atoms with Gasteiger partial charge in [0.25, 0.3) is 0 Å². The van der Waals surface area contributed by atoms with Gasteiger partial charge in [-0.25, -0.2) is 0 Å². The molecule has 4 aromatic carbocycles. The van der Waals surface area contributed by atoms with Crippen molar-refractivity contribution in [2.75, 3.05) is 0 Å². The third-order valence-corrected chi connectivity index (χ3v) is 13.1. The summed E-state index contributed by atoms with van der Waals surface area (Å²) >= 11 is 11.6. The standard InChI is InChI=1S/C25H21BrClOP/c26-21-16-17-25(28)20(18-21)19-29(27,22-10-4-1-5-11-22,23-12-6-2-7-13-23)24-14-8-3-9-15-24/h1-18,28H,19H2. The van der Waals surface area contributed by atoms with Crippen molar-refractivity contribution in [3.8, 4) is 5.75 Å². The van der Waals surface area contributed by atoms with Crippen molar-refractivity contribution >= 4 is 49.0 Å². The molecule has 4 heteroatoms. The van der Waals surface area contributed by atoms with Gasteiger partial charge in [0, 0.05) is 0 Å². The van der Waals surface area contributed by atoms with Crippen LogP contribution in [0.3, 0.4) is 0 Å². The molecule has 0 aromatic heterocycles. The van der Waals surface area contributed by atoms with Gasteiger partial charge in [0.1, 0.15) is 0 Å². The third-order valence-electron chi connectivity index (χ3n) is 5.39. The average Bonchev–Trinajstić information content (AvgIpc) is 2.78. The zero-order valence-corrected chi connectivity index (χ0v) is 19.0. The Balaban J connectivity index is 2.11. The van der Waals surface area contributed by atoms with Gasteiger partial charge in [-0.2, -0.15) is 0 Å². The molecule has 0 atom stereocenters. The molecule has 0 unspecified atom stereocenters. The van der Waals surface area contributed by atoms with E-state index in [4.69, 9.17) is 11.2 Å². The van der Waals surface area contributed by atoms with E-state index in [2.05, 4.69) is 52.3 Å². The number of benzene rings is 4. The second-order valence-corrected chi connectivity index (χ2v) is 14.5. The van der Waals surface area contributed by atoms with Crippen molar-refractivity contribution in [3.63, 3.8) is 0 Å². The third kappa shape index (κ3) is 3.51. The monoisotopic (exact) mass is 482 g/mol. The molecule has 0 aliphatic heterocycles. The molecular weight excluding hydrogens is 463 g/mol. The van der Waals surface area contributed by atoms with Crippen LogP contribution in [0.25, 0.3) is 0 Å². The van der Waals surface area contributed by atoms with E-state index in [9.17, 15) is 5.11 Å². The van der Waals surface area contributed by atoms with Gasteiger partial charge in [-0.1, -0.05) is 0 Å².